The lowest BCUT2D eigenvalue weighted by atomic mass is 10.1. The van der Waals surface area contributed by atoms with Gasteiger partial charge < -0.3 is 14.2 Å². The summed E-state index contributed by atoms with van der Waals surface area (Å²) in [6, 6.07) is 9.78. The van der Waals surface area contributed by atoms with Crippen molar-refractivity contribution in [3.05, 3.63) is 57.8 Å². The number of esters is 1. The molecule has 0 saturated heterocycles. The first kappa shape index (κ1) is 17.3. The van der Waals surface area contributed by atoms with Crippen molar-refractivity contribution in [1.82, 2.24) is 0 Å². The highest BCUT2D eigenvalue weighted by molar-refractivity contribution is 9.10. The Kier molecular flexibility index (Phi) is 5.98. The van der Waals surface area contributed by atoms with Gasteiger partial charge in [-0.3, -0.25) is 4.79 Å². The molecule has 0 aliphatic heterocycles. The lowest BCUT2D eigenvalue weighted by Gasteiger charge is -2.10. The van der Waals surface area contributed by atoms with Gasteiger partial charge in [-0.15, -0.1) is 0 Å². The Morgan fingerprint density at radius 3 is 2.48 bits per heavy atom. The molecule has 2 aromatic rings. The summed E-state index contributed by atoms with van der Waals surface area (Å²) in [6.07, 6.45) is 0.0680. The van der Waals surface area contributed by atoms with Crippen LogP contribution in [0.3, 0.4) is 0 Å². The Balaban J connectivity index is 1.97. The van der Waals surface area contributed by atoms with Gasteiger partial charge in [-0.1, -0.05) is 28.1 Å². The second kappa shape index (κ2) is 7.97. The SMILES string of the molecule is COc1ccc(CC(=O)OCc2ccc(Br)cc2F)cc1OC. The topological polar surface area (TPSA) is 44.8 Å². The van der Waals surface area contributed by atoms with Gasteiger partial charge in [0, 0.05) is 10.0 Å². The summed E-state index contributed by atoms with van der Waals surface area (Å²) in [5, 5.41) is 0. The first-order valence-electron chi connectivity index (χ1n) is 6.84. The summed E-state index contributed by atoms with van der Waals surface area (Å²) in [7, 11) is 3.06. The molecule has 0 fully saturated rings. The molecular formula is C17H16BrFO4. The third-order valence-corrected chi connectivity index (χ3v) is 3.69. The number of methoxy groups -OCH3 is 2. The maximum absolute atomic E-state index is 13.7. The molecule has 0 aliphatic carbocycles. The van der Waals surface area contributed by atoms with E-state index in [4.69, 9.17) is 14.2 Å². The van der Waals surface area contributed by atoms with Gasteiger partial charge in [0.2, 0.25) is 0 Å². The van der Waals surface area contributed by atoms with E-state index in [9.17, 15) is 9.18 Å². The predicted octanol–water partition coefficient (Wildman–Crippen LogP) is 3.89. The summed E-state index contributed by atoms with van der Waals surface area (Å²) in [4.78, 5) is 11.9. The quantitative estimate of drug-likeness (QED) is 0.710. The molecule has 0 bridgehead atoms. The average Bonchev–Trinajstić information content (AvgIpc) is 2.54. The van der Waals surface area contributed by atoms with E-state index in [0.29, 0.717) is 21.5 Å². The summed E-state index contributed by atoms with van der Waals surface area (Å²) in [5.41, 5.74) is 1.05. The van der Waals surface area contributed by atoms with Crippen LogP contribution in [0.2, 0.25) is 0 Å². The van der Waals surface area contributed by atoms with Crippen LogP contribution in [0.4, 0.5) is 4.39 Å². The Hall–Kier alpha value is -2.08. The molecule has 0 radical (unpaired) electrons. The number of carbonyl (C=O) groups excluding carboxylic acids is 1. The molecule has 4 nitrogen and oxygen atoms in total. The van der Waals surface area contributed by atoms with Gasteiger partial charge in [0.1, 0.15) is 12.4 Å². The van der Waals surface area contributed by atoms with Crippen molar-refractivity contribution in [2.24, 2.45) is 0 Å². The van der Waals surface area contributed by atoms with E-state index in [-0.39, 0.29) is 13.0 Å². The molecule has 0 unspecified atom stereocenters. The van der Waals surface area contributed by atoms with Crippen molar-refractivity contribution in [3.63, 3.8) is 0 Å². The van der Waals surface area contributed by atoms with Crippen molar-refractivity contribution in [2.45, 2.75) is 13.0 Å². The Bertz CT molecular complexity index is 703. The number of rotatable bonds is 6. The van der Waals surface area contributed by atoms with Crippen LogP contribution in [0, 0.1) is 5.82 Å². The normalized spacial score (nSPS) is 10.3. The maximum atomic E-state index is 13.7. The Morgan fingerprint density at radius 2 is 1.83 bits per heavy atom. The van der Waals surface area contributed by atoms with Gasteiger partial charge in [-0.2, -0.15) is 0 Å². The second-order valence-electron chi connectivity index (χ2n) is 4.76. The first-order chi connectivity index (χ1) is 11.0. The zero-order valence-electron chi connectivity index (χ0n) is 12.8. The molecule has 0 N–H and O–H groups in total. The highest BCUT2D eigenvalue weighted by Crippen LogP contribution is 2.27. The van der Waals surface area contributed by atoms with Crippen LogP contribution in [0.1, 0.15) is 11.1 Å². The van der Waals surface area contributed by atoms with Crippen LogP contribution in [-0.4, -0.2) is 20.2 Å². The van der Waals surface area contributed by atoms with Gasteiger partial charge in [-0.25, -0.2) is 4.39 Å². The largest absolute Gasteiger partial charge is 0.493 e. The minimum atomic E-state index is -0.445. The van der Waals surface area contributed by atoms with E-state index in [1.54, 1.807) is 37.4 Å². The number of benzene rings is 2. The molecule has 2 rings (SSSR count). The van der Waals surface area contributed by atoms with Crippen molar-refractivity contribution in [2.75, 3.05) is 14.2 Å². The molecular weight excluding hydrogens is 367 g/mol. The molecule has 0 aromatic heterocycles. The third-order valence-electron chi connectivity index (χ3n) is 3.20. The zero-order valence-corrected chi connectivity index (χ0v) is 14.4. The molecule has 0 atom stereocenters. The summed E-state index contributed by atoms with van der Waals surface area (Å²) < 4.78 is 29.7. The van der Waals surface area contributed by atoms with Gasteiger partial charge in [0.15, 0.2) is 11.5 Å². The van der Waals surface area contributed by atoms with Gasteiger partial charge in [-0.05, 0) is 29.8 Å². The summed E-state index contributed by atoms with van der Waals surface area (Å²) in [6.45, 7) is -0.106. The highest BCUT2D eigenvalue weighted by Gasteiger charge is 2.11. The number of carbonyl (C=O) groups is 1. The maximum Gasteiger partial charge on any atom is 0.310 e. The van der Waals surface area contributed by atoms with E-state index >= 15 is 0 Å². The number of ether oxygens (including phenoxy) is 3. The van der Waals surface area contributed by atoms with E-state index in [0.717, 1.165) is 5.56 Å². The molecule has 0 heterocycles. The van der Waals surface area contributed by atoms with Crippen LogP contribution >= 0.6 is 15.9 Å². The molecule has 0 aliphatic rings. The van der Waals surface area contributed by atoms with Crippen molar-refractivity contribution < 1.29 is 23.4 Å². The fraction of sp³-hybridized carbons (Fsp3) is 0.235. The lowest BCUT2D eigenvalue weighted by molar-refractivity contribution is -0.144. The van der Waals surface area contributed by atoms with Crippen LogP contribution in [0.25, 0.3) is 0 Å². The average molecular weight is 383 g/mol. The molecule has 23 heavy (non-hydrogen) atoms. The van der Waals surface area contributed by atoms with Gasteiger partial charge in [0.25, 0.3) is 0 Å². The fourth-order valence-electron chi connectivity index (χ4n) is 2.01. The van der Waals surface area contributed by atoms with Crippen LogP contribution < -0.4 is 9.47 Å². The van der Waals surface area contributed by atoms with E-state index < -0.39 is 11.8 Å². The van der Waals surface area contributed by atoms with Crippen molar-refractivity contribution in [1.29, 1.82) is 0 Å². The Morgan fingerprint density at radius 1 is 1.09 bits per heavy atom. The highest BCUT2D eigenvalue weighted by atomic mass is 79.9. The minimum Gasteiger partial charge on any atom is -0.493 e. The fourth-order valence-corrected chi connectivity index (χ4v) is 2.34. The summed E-state index contributed by atoms with van der Waals surface area (Å²) in [5.74, 6) is 0.260. The second-order valence-corrected chi connectivity index (χ2v) is 5.68. The molecule has 0 saturated carbocycles. The molecule has 0 amide bonds. The third kappa shape index (κ3) is 4.69. The summed E-state index contributed by atoms with van der Waals surface area (Å²) >= 11 is 3.18. The van der Waals surface area contributed by atoms with E-state index in [1.165, 1.54) is 13.2 Å². The van der Waals surface area contributed by atoms with Crippen LogP contribution in [-0.2, 0) is 22.6 Å². The zero-order chi connectivity index (χ0) is 16.8. The number of halogens is 2. The number of hydrogen-bond acceptors (Lipinski definition) is 4. The van der Waals surface area contributed by atoms with Crippen LogP contribution in [0.15, 0.2) is 40.9 Å². The van der Waals surface area contributed by atoms with Crippen LogP contribution in [0.5, 0.6) is 11.5 Å². The molecule has 122 valence electrons. The lowest BCUT2D eigenvalue weighted by Crippen LogP contribution is -2.09. The minimum absolute atomic E-state index is 0.0680. The molecule has 2 aromatic carbocycles. The first-order valence-corrected chi connectivity index (χ1v) is 7.63. The number of hydrogen-bond donors (Lipinski definition) is 0. The van der Waals surface area contributed by atoms with Gasteiger partial charge in [0.05, 0.1) is 20.6 Å². The van der Waals surface area contributed by atoms with Crippen molar-refractivity contribution >= 4 is 21.9 Å². The smallest absolute Gasteiger partial charge is 0.310 e. The molecule has 0 spiro atoms. The van der Waals surface area contributed by atoms with Crippen molar-refractivity contribution in [3.8, 4) is 11.5 Å². The van der Waals surface area contributed by atoms with Gasteiger partial charge >= 0.3 is 5.97 Å². The standard InChI is InChI=1S/C17H16BrFO4/c1-21-15-6-3-11(7-16(15)22-2)8-17(20)23-10-12-4-5-13(18)9-14(12)19/h3-7,9H,8,10H2,1-2H3. The van der Waals surface area contributed by atoms with E-state index in [1.807, 2.05) is 0 Å². The predicted molar refractivity (Wildman–Crippen MR) is 87.1 cm³/mol. The monoisotopic (exact) mass is 382 g/mol. The van der Waals surface area contributed by atoms with E-state index in [2.05, 4.69) is 15.9 Å². The molecule has 6 heteroatoms. The Labute approximate surface area is 142 Å².